The van der Waals surface area contributed by atoms with Gasteiger partial charge in [-0.3, -0.25) is 4.90 Å². The molecule has 0 spiro atoms. The second-order valence-electron chi connectivity index (χ2n) is 4.81. The Morgan fingerprint density at radius 2 is 2.30 bits per heavy atom. The van der Waals surface area contributed by atoms with Gasteiger partial charge in [0.1, 0.15) is 5.82 Å². The number of carboxylic acids is 1. The lowest BCUT2D eigenvalue weighted by atomic mass is 10.2. The molecule has 0 bridgehead atoms. The molecule has 0 aliphatic carbocycles. The zero-order valence-corrected chi connectivity index (χ0v) is 12.1. The molecule has 20 heavy (non-hydrogen) atoms. The molecule has 0 radical (unpaired) electrons. The van der Waals surface area contributed by atoms with E-state index in [9.17, 15) is 4.79 Å². The summed E-state index contributed by atoms with van der Waals surface area (Å²) < 4.78 is 5.30. The number of nitrogens with one attached hydrogen (secondary N) is 1. The average Bonchev–Trinajstić information content (AvgIpc) is 2.41. The molecule has 1 aromatic rings. The van der Waals surface area contributed by atoms with Crippen LogP contribution in [0.15, 0.2) is 12.3 Å². The molecule has 6 nitrogen and oxygen atoms in total. The molecule has 1 aliphatic heterocycles. The van der Waals surface area contributed by atoms with Gasteiger partial charge in [-0.05, 0) is 13.0 Å². The molecule has 1 saturated heterocycles. The van der Waals surface area contributed by atoms with Crippen molar-refractivity contribution in [3.8, 4) is 0 Å². The van der Waals surface area contributed by atoms with Crippen LogP contribution in [-0.4, -0.2) is 59.8 Å². The third-order valence-corrected chi connectivity index (χ3v) is 3.42. The zero-order valence-electron chi connectivity index (χ0n) is 11.3. The molecule has 2 heterocycles. The molecule has 1 fully saturated rings. The van der Waals surface area contributed by atoms with Crippen LogP contribution < -0.4 is 5.32 Å². The highest BCUT2D eigenvalue weighted by molar-refractivity contribution is 6.33. The summed E-state index contributed by atoms with van der Waals surface area (Å²) in [6.07, 6.45) is 1.36. The molecular formula is C13H18ClN3O3. The molecule has 110 valence electrons. The Balaban J connectivity index is 1.95. The Hall–Kier alpha value is -1.37. The van der Waals surface area contributed by atoms with Crippen molar-refractivity contribution >= 4 is 23.4 Å². The van der Waals surface area contributed by atoms with E-state index in [1.54, 1.807) is 0 Å². The first kappa shape index (κ1) is 15.0. The maximum absolute atomic E-state index is 11.0. The van der Waals surface area contributed by atoms with Crippen LogP contribution in [0.5, 0.6) is 0 Å². The molecule has 1 atom stereocenters. The molecule has 2 rings (SSSR count). The van der Waals surface area contributed by atoms with Gasteiger partial charge in [0.15, 0.2) is 0 Å². The minimum atomic E-state index is -1.05. The number of rotatable bonds is 5. The maximum Gasteiger partial charge on any atom is 0.337 e. The number of aromatic carboxylic acids is 1. The number of ether oxygens (including phenoxy) is 1. The quantitative estimate of drug-likeness (QED) is 0.859. The number of hydrogen-bond acceptors (Lipinski definition) is 5. The first-order valence-electron chi connectivity index (χ1n) is 6.51. The molecule has 1 unspecified atom stereocenters. The Morgan fingerprint density at radius 3 is 2.95 bits per heavy atom. The van der Waals surface area contributed by atoms with Gasteiger partial charge in [0, 0.05) is 31.9 Å². The van der Waals surface area contributed by atoms with Gasteiger partial charge in [-0.25, -0.2) is 9.78 Å². The fourth-order valence-corrected chi connectivity index (χ4v) is 2.33. The van der Waals surface area contributed by atoms with Gasteiger partial charge in [0.25, 0.3) is 0 Å². The molecule has 7 heteroatoms. The van der Waals surface area contributed by atoms with E-state index in [1.807, 2.05) is 6.92 Å². The summed E-state index contributed by atoms with van der Waals surface area (Å²) >= 11 is 5.79. The average molecular weight is 300 g/mol. The van der Waals surface area contributed by atoms with Crippen LogP contribution in [0, 0.1) is 0 Å². The van der Waals surface area contributed by atoms with Gasteiger partial charge in [-0.1, -0.05) is 11.6 Å². The smallest absolute Gasteiger partial charge is 0.337 e. The highest BCUT2D eigenvalue weighted by Crippen LogP contribution is 2.18. The van der Waals surface area contributed by atoms with Crippen LogP contribution in [0.4, 0.5) is 5.82 Å². The van der Waals surface area contributed by atoms with Crippen molar-refractivity contribution in [2.24, 2.45) is 0 Å². The van der Waals surface area contributed by atoms with Crippen molar-refractivity contribution in [1.82, 2.24) is 9.88 Å². The van der Waals surface area contributed by atoms with E-state index >= 15 is 0 Å². The van der Waals surface area contributed by atoms with Crippen LogP contribution in [0.2, 0.25) is 5.02 Å². The number of hydrogen-bond donors (Lipinski definition) is 2. The summed E-state index contributed by atoms with van der Waals surface area (Å²) in [5.74, 6) is -0.533. The largest absolute Gasteiger partial charge is 0.478 e. The second kappa shape index (κ2) is 6.88. The SMILES string of the molecule is CC(CN1CCOCC1)Nc1cc(C(=O)O)c(Cl)cn1. The van der Waals surface area contributed by atoms with E-state index in [4.69, 9.17) is 21.4 Å². The van der Waals surface area contributed by atoms with E-state index in [1.165, 1.54) is 12.3 Å². The number of nitrogens with zero attached hydrogens (tertiary/aromatic N) is 2. The third kappa shape index (κ3) is 4.06. The van der Waals surface area contributed by atoms with Gasteiger partial charge in [-0.15, -0.1) is 0 Å². The number of carbonyl (C=O) groups is 1. The van der Waals surface area contributed by atoms with Crippen LogP contribution >= 0.6 is 11.6 Å². The first-order chi connectivity index (χ1) is 9.56. The third-order valence-electron chi connectivity index (χ3n) is 3.12. The predicted molar refractivity (Wildman–Crippen MR) is 76.6 cm³/mol. The number of halogens is 1. The minimum absolute atomic E-state index is 0.0581. The summed E-state index contributed by atoms with van der Waals surface area (Å²) in [5.41, 5.74) is 0.0581. The Bertz CT molecular complexity index is 478. The maximum atomic E-state index is 11.0. The fraction of sp³-hybridized carbons (Fsp3) is 0.538. The molecule has 1 aliphatic rings. The molecule has 0 amide bonds. The van der Waals surface area contributed by atoms with Crippen molar-refractivity contribution in [2.45, 2.75) is 13.0 Å². The highest BCUT2D eigenvalue weighted by Gasteiger charge is 2.15. The monoisotopic (exact) mass is 299 g/mol. The summed E-state index contributed by atoms with van der Waals surface area (Å²) in [7, 11) is 0. The lowest BCUT2D eigenvalue weighted by molar-refractivity contribution is 0.0368. The van der Waals surface area contributed by atoms with E-state index in [0.29, 0.717) is 5.82 Å². The lowest BCUT2D eigenvalue weighted by Gasteiger charge is -2.29. The van der Waals surface area contributed by atoms with Crippen molar-refractivity contribution in [1.29, 1.82) is 0 Å². The lowest BCUT2D eigenvalue weighted by Crippen LogP contribution is -2.42. The van der Waals surface area contributed by atoms with Gasteiger partial charge >= 0.3 is 5.97 Å². The number of anilines is 1. The van der Waals surface area contributed by atoms with Crippen molar-refractivity contribution in [3.63, 3.8) is 0 Å². The van der Waals surface area contributed by atoms with E-state index in [0.717, 1.165) is 32.8 Å². The fourth-order valence-electron chi connectivity index (χ4n) is 2.15. The summed E-state index contributed by atoms with van der Waals surface area (Å²) in [6.45, 7) is 6.24. The van der Waals surface area contributed by atoms with E-state index in [2.05, 4.69) is 15.2 Å². The highest BCUT2D eigenvalue weighted by atomic mass is 35.5. The van der Waals surface area contributed by atoms with Crippen LogP contribution in [0.3, 0.4) is 0 Å². The Labute approximate surface area is 122 Å². The molecule has 2 N–H and O–H groups in total. The van der Waals surface area contributed by atoms with Gasteiger partial charge in [0.2, 0.25) is 0 Å². The normalized spacial score (nSPS) is 17.7. The first-order valence-corrected chi connectivity index (χ1v) is 6.89. The predicted octanol–water partition coefficient (Wildman–Crippen LogP) is 1.57. The minimum Gasteiger partial charge on any atom is -0.478 e. The summed E-state index contributed by atoms with van der Waals surface area (Å²) in [5, 5.41) is 12.4. The van der Waals surface area contributed by atoms with Gasteiger partial charge in [-0.2, -0.15) is 0 Å². The van der Waals surface area contributed by atoms with Crippen LogP contribution in [-0.2, 0) is 4.74 Å². The number of aromatic nitrogens is 1. The number of pyridine rings is 1. The second-order valence-corrected chi connectivity index (χ2v) is 5.22. The van der Waals surface area contributed by atoms with E-state index in [-0.39, 0.29) is 16.6 Å². The van der Waals surface area contributed by atoms with Gasteiger partial charge < -0.3 is 15.2 Å². The van der Waals surface area contributed by atoms with E-state index < -0.39 is 5.97 Å². The topological polar surface area (TPSA) is 74.7 Å². The van der Waals surface area contributed by atoms with Crippen molar-refractivity contribution < 1.29 is 14.6 Å². The standard InChI is InChI=1S/C13H18ClN3O3/c1-9(8-17-2-4-20-5-3-17)16-12-6-10(13(18)19)11(14)7-15-12/h6-7,9H,2-5,8H2,1H3,(H,15,16)(H,18,19). The van der Waals surface area contributed by atoms with Crippen molar-refractivity contribution in [3.05, 3.63) is 22.8 Å². The summed E-state index contributed by atoms with van der Waals surface area (Å²) in [4.78, 5) is 17.4. The Kier molecular flexibility index (Phi) is 5.17. The Morgan fingerprint density at radius 1 is 1.60 bits per heavy atom. The van der Waals surface area contributed by atoms with Gasteiger partial charge in [0.05, 0.1) is 23.8 Å². The van der Waals surface area contributed by atoms with Crippen LogP contribution in [0.1, 0.15) is 17.3 Å². The zero-order chi connectivity index (χ0) is 14.5. The molecule has 1 aromatic heterocycles. The van der Waals surface area contributed by atoms with Crippen LogP contribution in [0.25, 0.3) is 0 Å². The molecule has 0 aromatic carbocycles. The molecular weight excluding hydrogens is 282 g/mol. The molecule has 0 saturated carbocycles. The van der Waals surface area contributed by atoms with Crippen molar-refractivity contribution in [2.75, 3.05) is 38.2 Å². The number of carboxylic acid groups (broad SMARTS) is 1. The summed E-state index contributed by atoms with van der Waals surface area (Å²) in [6, 6.07) is 1.61. The number of morpholine rings is 1.